The van der Waals surface area contributed by atoms with E-state index in [9.17, 15) is 65.4 Å². The molecule has 0 aromatic rings. The van der Waals surface area contributed by atoms with Crippen molar-refractivity contribution in [3.63, 3.8) is 0 Å². The van der Waals surface area contributed by atoms with Crippen molar-refractivity contribution in [1.82, 2.24) is 0 Å². The number of esters is 1. The fourth-order valence-electron chi connectivity index (χ4n) is 15.5. The predicted molar refractivity (Wildman–Crippen MR) is 229 cm³/mol. The van der Waals surface area contributed by atoms with E-state index in [0.29, 0.717) is 19.3 Å². The Morgan fingerprint density at radius 3 is 2.07 bits per heavy atom. The minimum atomic E-state index is -2.92. The number of rotatable bonds is 9. The molecule has 9 rings (SSSR count). The zero-order valence-electron chi connectivity index (χ0n) is 39.8. The lowest BCUT2D eigenvalue weighted by atomic mass is 9.33. The topological polar surface area (TPSA) is 318 Å². The molecule has 4 saturated carbocycles. The van der Waals surface area contributed by atoms with E-state index in [1.54, 1.807) is 0 Å². The first-order valence-corrected chi connectivity index (χ1v) is 24.4. The van der Waals surface area contributed by atoms with E-state index < -0.39 is 121 Å². The average molecular weight is 969 g/mol. The lowest BCUT2D eigenvalue weighted by Crippen LogP contribution is -2.69. The van der Waals surface area contributed by atoms with E-state index in [1.165, 1.54) is 12.5 Å². The monoisotopic (exact) mass is 968 g/mol. The largest absolute Gasteiger partial charge is 0.479 e. The van der Waals surface area contributed by atoms with Crippen LogP contribution < -0.4 is 0 Å². The number of allylic oxidation sites excluding steroid dienone is 2. The molecule has 2 bridgehead atoms. The van der Waals surface area contributed by atoms with E-state index in [1.807, 2.05) is 13.8 Å². The van der Waals surface area contributed by atoms with Gasteiger partial charge in [0.25, 0.3) is 5.97 Å². The molecule has 20 nitrogen and oxygen atoms in total. The molecule has 10 N–H and O–H groups in total. The second kappa shape index (κ2) is 16.8. The molecule has 384 valence electrons. The Hall–Kier alpha value is -2.41. The molecule has 68 heavy (non-hydrogen) atoms. The van der Waals surface area contributed by atoms with Gasteiger partial charge in [-0.05, 0) is 99.2 Å². The van der Waals surface area contributed by atoms with Crippen LogP contribution in [0.15, 0.2) is 11.6 Å². The summed E-state index contributed by atoms with van der Waals surface area (Å²) in [6.07, 6.45) is -18.3. The summed E-state index contributed by atoms with van der Waals surface area (Å²) >= 11 is 0. The van der Waals surface area contributed by atoms with Crippen LogP contribution in [-0.4, -0.2) is 173 Å². The lowest BCUT2D eigenvalue weighted by molar-refractivity contribution is -0.493. The molecule has 0 aromatic carbocycles. The van der Waals surface area contributed by atoms with Crippen molar-refractivity contribution in [2.75, 3.05) is 6.61 Å². The minimum Gasteiger partial charge on any atom is -0.479 e. The van der Waals surface area contributed by atoms with E-state index >= 15 is 0 Å². The fourth-order valence-corrected chi connectivity index (χ4v) is 15.5. The number of hydrogen-bond donors (Lipinski definition) is 10. The summed E-state index contributed by atoms with van der Waals surface area (Å²) < 4.78 is 42.1. The highest BCUT2D eigenvalue weighted by Gasteiger charge is 2.72. The molecule has 5 aliphatic carbocycles. The number of carbonyl (C=O) groups excluding carboxylic acids is 1. The molecule has 25 atom stereocenters. The van der Waals surface area contributed by atoms with E-state index in [-0.39, 0.29) is 58.1 Å². The summed E-state index contributed by atoms with van der Waals surface area (Å²) in [7, 11) is 0. The highest BCUT2D eigenvalue weighted by molar-refractivity contribution is 5.79. The van der Waals surface area contributed by atoms with Gasteiger partial charge in [-0.1, -0.05) is 46.3 Å². The molecule has 4 aliphatic heterocycles. The summed E-state index contributed by atoms with van der Waals surface area (Å²) in [6, 6.07) is 0. The molecule has 20 heteroatoms. The van der Waals surface area contributed by atoms with Crippen LogP contribution in [0, 0.1) is 50.2 Å². The third kappa shape index (κ3) is 7.23. The van der Waals surface area contributed by atoms with Crippen LogP contribution in [0.2, 0.25) is 0 Å². The van der Waals surface area contributed by atoms with Crippen LogP contribution in [0.4, 0.5) is 0 Å². The first-order chi connectivity index (χ1) is 31.6. The summed E-state index contributed by atoms with van der Waals surface area (Å²) in [5.41, 5.74) is -0.923. The minimum absolute atomic E-state index is 0.0947. The van der Waals surface area contributed by atoms with Gasteiger partial charge in [-0.25, -0.2) is 9.59 Å². The fraction of sp³-hybridized carbons (Fsp3) is 0.896. The van der Waals surface area contributed by atoms with Gasteiger partial charge in [0.1, 0.15) is 48.8 Å². The van der Waals surface area contributed by atoms with Gasteiger partial charge < -0.3 is 79.5 Å². The number of aliphatic hydroxyl groups is 8. The normalized spacial score (nSPS) is 56.5. The van der Waals surface area contributed by atoms with Crippen LogP contribution in [-0.2, 0) is 47.5 Å². The first-order valence-electron chi connectivity index (χ1n) is 24.4. The van der Waals surface area contributed by atoms with E-state index in [0.717, 1.165) is 38.5 Å². The maximum absolute atomic E-state index is 13.2. The van der Waals surface area contributed by atoms with Gasteiger partial charge in [0.15, 0.2) is 24.8 Å². The van der Waals surface area contributed by atoms with Crippen molar-refractivity contribution in [2.24, 2.45) is 50.2 Å². The van der Waals surface area contributed by atoms with Gasteiger partial charge in [0.2, 0.25) is 0 Å². The zero-order chi connectivity index (χ0) is 49.6. The van der Waals surface area contributed by atoms with Crippen molar-refractivity contribution in [3.8, 4) is 0 Å². The Bertz CT molecular complexity index is 2040. The zero-order valence-corrected chi connectivity index (χ0v) is 39.8. The quantitative estimate of drug-likeness (QED) is 0.0658. The molecule has 8 fully saturated rings. The number of ether oxygens (including phenoxy) is 7. The average Bonchev–Trinajstić information content (AvgIpc) is 3.54. The number of aliphatic carboxylic acids is 2. The molecule has 0 aromatic heterocycles. The van der Waals surface area contributed by atoms with Crippen molar-refractivity contribution < 1.29 is 98.6 Å². The van der Waals surface area contributed by atoms with Gasteiger partial charge in [-0.2, -0.15) is 0 Å². The third-order valence-electron chi connectivity index (χ3n) is 19.9. The number of aliphatic hydroxyl groups excluding tert-OH is 8. The number of fused-ring (bicyclic) bond motifs is 10. The van der Waals surface area contributed by atoms with Crippen LogP contribution in [0.3, 0.4) is 0 Å². The number of hydrogen-bond acceptors (Lipinski definition) is 18. The Morgan fingerprint density at radius 1 is 0.721 bits per heavy atom. The first kappa shape index (κ1) is 50.5. The Morgan fingerprint density at radius 2 is 1.41 bits per heavy atom. The van der Waals surface area contributed by atoms with Crippen molar-refractivity contribution in [2.45, 2.75) is 211 Å². The third-order valence-corrected chi connectivity index (χ3v) is 19.9. The smallest absolute Gasteiger partial charge is 0.335 e. The molecule has 9 aliphatic rings. The summed E-state index contributed by atoms with van der Waals surface area (Å²) in [5, 5.41) is 108. The van der Waals surface area contributed by atoms with Crippen molar-refractivity contribution >= 4 is 17.9 Å². The van der Waals surface area contributed by atoms with E-state index in [4.69, 9.17) is 33.2 Å². The van der Waals surface area contributed by atoms with Gasteiger partial charge in [0.05, 0.1) is 36.8 Å². The number of carboxylic acids is 2. The standard InChI is InChI=1S/C48H72O20/c1-20-28(51)30(53)33(56)39(62-20)68-48(17-23(50)29(52)35(66-48)38(59)60)67-36-32(55)31(54)34(37(57)58)65-40(36)63-26-11-12-44(4)24(45(26,5)19-49)10-13-47(7)25(44)9-8-21-22-16-42(2)18-27(64-41(42)61)43(22,3)14-15-46(21,47)6/h8,20,22-36,39-40,49-56H,9-19H2,1-7H3,(H,57,58)(H,59,60)/t20-,22-,23-,24-,25-,26+,27-,28+,29-,30+,31-,32+,33-,34+,35+,36-,39-,40+,42-,43-,44+,45-,46-,47-,48+/m1/s1. The molecular weight excluding hydrogens is 897 g/mol. The second-order valence-electron chi connectivity index (χ2n) is 23.5. The highest BCUT2D eigenvalue weighted by atomic mass is 16.9. The van der Waals surface area contributed by atoms with Gasteiger partial charge in [0, 0.05) is 17.3 Å². The molecule has 0 unspecified atom stereocenters. The lowest BCUT2D eigenvalue weighted by Gasteiger charge is -2.71. The Kier molecular flexibility index (Phi) is 12.5. The second-order valence-corrected chi connectivity index (χ2v) is 23.5. The Balaban J connectivity index is 1.02. The van der Waals surface area contributed by atoms with Crippen LogP contribution >= 0.6 is 0 Å². The molecule has 0 radical (unpaired) electrons. The Labute approximate surface area is 394 Å². The van der Waals surface area contributed by atoms with Crippen LogP contribution in [0.1, 0.15) is 113 Å². The SMILES string of the molecule is C[C@H]1O[C@H](O[C@@]2(O[C@H]3[C@@H](O[C@H]4CC[C@@]5(C)[C@@H](CC[C@]6(C)[C@@H]5CC=C5[C@H]7C[C@]8(C)C[C@@H](OC8=O)[C@]7(C)CC[C@]56C)[C@@]4(C)CO)O[C@H](C(=O)O)[C@H](O)[C@@H]3O)C[C@@H](O)[C@@H](O)[C@@H](C(=O)O)O2)[C@H](O)[C@@H](O)[C@H]1O. The maximum Gasteiger partial charge on any atom is 0.335 e. The molecular formula is C48H72O20. The predicted octanol–water partition coefficient (Wildman–Crippen LogP) is 0.691. The van der Waals surface area contributed by atoms with Crippen molar-refractivity contribution in [3.05, 3.63) is 11.6 Å². The van der Waals surface area contributed by atoms with Crippen LogP contribution in [0.25, 0.3) is 0 Å². The molecule has 4 heterocycles. The van der Waals surface area contributed by atoms with Gasteiger partial charge >= 0.3 is 17.9 Å². The van der Waals surface area contributed by atoms with Gasteiger partial charge in [-0.3, -0.25) is 9.53 Å². The van der Waals surface area contributed by atoms with Gasteiger partial charge in [-0.15, -0.1) is 0 Å². The summed E-state index contributed by atoms with van der Waals surface area (Å²) in [5.74, 6) is -6.26. The molecule has 0 spiro atoms. The molecule has 4 saturated heterocycles. The highest BCUT2D eigenvalue weighted by Crippen LogP contribution is 2.76. The maximum atomic E-state index is 13.2. The van der Waals surface area contributed by atoms with E-state index in [2.05, 4.69) is 33.8 Å². The number of carbonyl (C=O) groups is 3. The summed E-state index contributed by atoms with van der Waals surface area (Å²) in [6.45, 7) is 14.3. The summed E-state index contributed by atoms with van der Waals surface area (Å²) in [4.78, 5) is 38.1. The number of carboxylic acid groups (broad SMARTS) is 2. The van der Waals surface area contributed by atoms with Crippen LogP contribution in [0.5, 0.6) is 0 Å². The van der Waals surface area contributed by atoms with Crippen molar-refractivity contribution in [1.29, 1.82) is 0 Å². The molecule has 0 amide bonds.